The molecule has 0 atom stereocenters. The molecule has 0 bridgehead atoms. The molecule has 0 saturated heterocycles. The topological polar surface area (TPSA) is 84.5 Å². The molecule has 1 amide bonds. The number of alkyl halides is 3. The molecule has 0 spiro atoms. The van der Waals surface area contributed by atoms with E-state index >= 15 is 0 Å². The van der Waals surface area contributed by atoms with Crippen molar-refractivity contribution in [2.24, 2.45) is 0 Å². The van der Waals surface area contributed by atoms with Gasteiger partial charge in [-0.3, -0.25) is 9.52 Å². The highest BCUT2D eigenvalue weighted by atomic mass is 32.2. The van der Waals surface area contributed by atoms with Crippen LogP contribution in [0.5, 0.6) is 5.75 Å². The lowest BCUT2D eigenvalue weighted by Crippen LogP contribution is -2.15. The lowest BCUT2D eigenvalue weighted by molar-refractivity contribution is -0.137. The Morgan fingerprint density at radius 3 is 2.10 bits per heavy atom. The van der Waals surface area contributed by atoms with Crippen LogP contribution in [0, 0.1) is 0 Å². The van der Waals surface area contributed by atoms with Gasteiger partial charge in [0.1, 0.15) is 5.75 Å². The number of hydrogen-bond donors (Lipinski definition) is 2. The standard InChI is InChI=1S/C21H17F3N2O4S/c1-30-19-5-3-2-4-18(19)25-20(27)14-6-10-16(11-7-14)26-31(28,29)17-12-8-15(9-13-17)21(22,23)24/h2-13,26H,1H3,(H,25,27). The van der Waals surface area contributed by atoms with Gasteiger partial charge in [0.2, 0.25) is 0 Å². The van der Waals surface area contributed by atoms with E-state index in [9.17, 15) is 26.4 Å². The fourth-order valence-corrected chi connectivity index (χ4v) is 3.73. The fraction of sp³-hybridized carbons (Fsp3) is 0.0952. The number of nitrogens with one attached hydrogen (secondary N) is 2. The first kappa shape index (κ1) is 22.2. The van der Waals surface area contributed by atoms with Gasteiger partial charge in [0.05, 0.1) is 23.3 Å². The Morgan fingerprint density at radius 1 is 0.903 bits per heavy atom. The third-order valence-corrected chi connectivity index (χ3v) is 5.64. The second kappa shape index (κ2) is 8.68. The van der Waals surface area contributed by atoms with Gasteiger partial charge >= 0.3 is 6.18 Å². The van der Waals surface area contributed by atoms with E-state index in [0.717, 1.165) is 12.1 Å². The average molecular weight is 450 g/mol. The molecule has 3 rings (SSSR count). The lowest BCUT2D eigenvalue weighted by atomic mass is 10.2. The number of ether oxygens (including phenoxy) is 1. The van der Waals surface area contributed by atoms with E-state index in [-0.39, 0.29) is 16.1 Å². The molecular formula is C21H17F3N2O4S. The average Bonchev–Trinajstić information content (AvgIpc) is 2.74. The Labute approximate surface area is 176 Å². The molecule has 2 N–H and O–H groups in total. The molecule has 0 saturated carbocycles. The monoisotopic (exact) mass is 450 g/mol. The minimum Gasteiger partial charge on any atom is -0.495 e. The van der Waals surface area contributed by atoms with E-state index in [0.29, 0.717) is 23.6 Å². The molecule has 10 heteroatoms. The molecule has 0 fully saturated rings. The normalized spacial score (nSPS) is 11.6. The van der Waals surface area contributed by atoms with Crippen molar-refractivity contribution in [1.29, 1.82) is 0 Å². The molecule has 0 radical (unpaired) electrons. The molecule has 0 aliphatic rings. The summed E-state index contributed by atoms with van der Waals surface area (Å²) in [4.78, 5) is 12.1. The quantitative estimate of drug-likeness (QED) is 0.567. The predicted octanol–water partition coefficient (Wildman–Crippen LogP) is 4.77. The van der Waals surface area contributed by atoms with Crippen LogP contribution in [-0.4, -0.2) is 21.4 Å². The lowest BCUT2D eigenvalue weighted by Gasteiger charge is -2.11. The number of benzene rings is 3. The highest BCUT2D eigenvalue weighted by molar-refractivity contribution is 7.92. The Balaban J connectivity index is 1.71. The number of sulfonamides is 1. The van der Waals surface area contributed by atoms with Gasteiger partial charge in [-0.05, 0) is 60.7 Å². The first-order chi connectivity index (χ1) is 14.6. The SMILES string of the molecule is COc1ccccc1NC(=O)c1ccc(NS(=O)(=O)c2ccc(C(F)(F)F)cc2)cc1. The second-order valence-corrected chi connectivity index (χ2v) is 8.04. The fourth-order valence-electron chi connectivity index (χ4n) is 2.67. The third-order valence-electron chi connectivity index (χ3n) is 4.25. The summed E-state index contributed by atoms with van der Waals surface area (Å²) in [5.74, 6) is 0.0541. The molecule has 31 heavy (non-hydrogen) atoms. The summed E-state index contributed by atoms with van der Waals surface area (Å²) < 4.78 is 70.2. The van der Waals surface area contributed by atoms with Crippen molar-refractivity contribution in [2.75, 3.05) is 17.1 Å². The van der Waals surface area contributed by atoms with Crippen LogP contribution in [0.25, 0.3) is 0 Å². The number of rotatable bonds is 6. The van der Waals surface area contributed by atoms with Gasteiger partial charge in [0.25, 0.3) is 15.9 Å². The van der Waals surface area contributed by atoms with Crippen LogP contribution in [0.1, 0.15) is 15.9 Å². The number of para-hydroxylation sites is 2. The number of anilines is 2. The number of methoxy groups -OCH3 is 1. The van der Waals surface area contributed by atoms with Crippen LogP contribution >= 0.6 is 0 Å². The minimum absolute atomic E-state index is 0.147. The molecule has 6 nitrogen and oxygen atoms in total. The maximum absolute atomic E-state index is 12.6. The zero-order valence-corrected chi connectivity index (χ0v) is 16.9. The summed E-state index contributed by atoms with van der Waals surface area (Å²) in [5, 5.41) is 2.69. The number of carbonyl (C=O) groups is 1. The highest BCUT2D eigenvalue weighted by Crippen LogP contribution is 2.30. The van der Waals surface area contributed by atoms with Crippen molar-refractivity contribution >= 4 is 27.3 Å². The van der Waals surface area contributed by atoms with E-state index in [4.69, 9.17) is 4.74 Å². The first-order valence-corrected chi connectivity index (χ1v) is 10.3. The summed E-state index contributed by atoms with van der Waals surface area (Å²) >= 11 is 0. The van der Waals surface area contributed by atoms with Gasteiger partial charge in [-0.2, -0.15) is 13.2 Å². The van der Waals surface area contributed by atoms with Crippen molar-refractivity contribution in [1.82, 2.24) is 0 Å². The van der Waals surface area contributed by atoms with Crippen molar-refractivity contribution in [3.63, 3.8) is 0 Å². The molecular weight excluding hydrogens is 433 g/mol. The van der Waals surface area contributed by atoms with Crippen molar-refractivity contribution in [3.8, 4) is 5.75 Å². The van der Waals surface area contributed by atoms with Gasteiger partial charge in [-0.15, -0.1) is 0 Å². The number of carbonyl (C=O) groups excluding carboxylic acids is 1. The van der Waals surface area contributed by atoms with Gasteiger partial charge < -0.3 is 10.1 Å². The maximum Gasteiger partial charge on any atom is 0.416 e. The van der Waals surface area contributed by atoms with Crippen LogP contribution < -0.4 is 14.8 Å². The van der Waals surface area contributed by atoms with E-state index in [2.05, 4.69) is 10.0 Å². The molecule has 0 heterocycles. The van der Waals surface area contributed by atoms with Gasteiger partial charge in [-0.25, -0.2) is 8.42 Å². The smallest absolute Gasteiger partial charge is 0.416 e. The third kappa shape index (κ3) is 5.34. The summed E-state index contributed by atoms with van der Waals surface area (Å²) in [6.07, 6.45) is -4.56. The Bertz CT molecular complexity index is 1180. The Morgan fingerprint density at radius 2 is 1.52 bits per heavy atom. The first-order valence-electron chi connectivity index (χ1n) is 8.85. The minimum atomic E-state index is -4.56. The molecule has 0 aromatic heterocycles. The van der Waals surface area contributed by atoms with E-state index < -0.39 is 27.7 Å². The summed E-state index contributed by atoms with van der Waals surface area (Å²) in [6.45, 7) is 0. The van der Waals surface area contributed by atoms with Crippen LogP contribution in [0.2, 0.25) is 0 Å². The zero-order chi connectivity index (χ0) is 22.6. The highest BCUT2D eigenvalue weighted by Gasteiger charge is 2.30. The summed E-state index contributed by atoms with van der Waals surface area (Å²) in [7, 11) is -2.63. The van der Waals surface area contributed by atoms with E-state index in [1.54, 1.807) is 24.3 Å². The molecule has 3 aromatic rings. The number of amides is 1. The van der Waals surface area contributed by atoms with Crippen LogP contribution in [0.4, 0.5) is 24.5 Å². The summed E-state index contributed by atoms with van der Waals surface area (Å²) in [6, 6.07) is 15.6. The van der Waals surface area contributed by atoms with Gasteiger partial charge in [0, 0.05) is 11.3 Å². The van der Waals surface area contributed by atoms with Crippen LogP contribution in [0.15, 0.2) is 77.7 Å². The van der Waals surface area contributed by atoms with Gasteiger partial charge in [-0.1, -0.05) is 12.1 Å². The Hall–Kier alpha value is -3.53. The molecule has 0 aliphatic carbocycles. The molecule has 3 aromatic carbocycles. The van der Waals surface area contributed by atoms with Crippen molar-refractivity contribution in [3.05, 3.63) is 83.9 Å². The number of hydrogen-bond acceptors (Lipinski definition) is 4. The zero-order valence-electron chi connectivity index (χ0n) is 16.1. The van der Waals surface area contributed by atoms with E-state index in [1.165, 1.54) is 31.4 Å². The number of halogens is 3. The summed E-state index contributed by atoms with van der Waals surface area (Å²) in [5.41, 5.74) is -0.0592. The molecule has 0 unspecified atom stereocenters. The second-order valence-electron chi connectivity index (χ2n) is 6.36. The Kier molecular flexibility index (Phi) is 6.21. The van der Waals surface area contributed by atoms with Crippen LogP contribution in [0.3, 0.4) is 0 Å². The predicted molar refractivity (Wildman–Crippen MR) is 110 cm³/mol. The maximum atomic E-state index is 12.6. The van der Waals surface area contributed by atoms with E-state index in [1.807, 2.05) is 0 Å². The molecule has 162 valence electrons. The largest absolute Gasteiger partial charge is 0.495 e. The molecule has 0 aliphatic heterocycles. The van der Waals surface area contributed by atoms with Crippen molar-refractivity contribution in [2.45, 2.75) is 11.1 Å². The van der Waals surface area contributed by atoms with Gasteiger partial charge in [0.15, 0.2) is 0 Å². The van der Waals surface area contributed by atoms with Crippen LogP contribution in [-0.2, 0) is 16.2 Å². The van der Waals surface area contributed by atoms with Crippen molar-refractivity contribution < 1.29 is 31.1 Å².